The van der Waals surface area contributed by atoms with Crippen molar-refractivity contribution in [2.75, 3.05) is 6.54 Å². The smallest absolute Gasteiger partial charge is 0.375 e. The molecule has 0 saturated heterocycles. The van der Waals surface area contributed by atoms with Gasteiger partial charge >= 0.3 is 12.4 Å². The maximum Gasteiger partial charge on any atom is 0.422 e. The van der Waals surface area contributed by atoms with Crippen LogP contribution in [-0.4, -0.2) is 17.8 Å². The lowest BCUT2D eigenvalue weighted by atomic mass is 9.92. The molecule has 1 aromatic rings. The van der Waals surface area contributed by atoms with Gasteiger partial charge in [0.05, 0.1) is 5.56 Å². The maximum absolute atomic E-state index is 12.6. The predicted octanol–water partition coefficient (Wildman–Crippen LogP) is 2.41. The predicted molar refractivity (Wildman–Crippen MR) is 50.5 cm³/mol. The zero-order valence-corrected chi connectivity index (χ0v) is 8.81. The summed E-state index contributed by atoms with van der Waals surface area (Å²) in [6.07, 6.45) is -9.72. The summed E-state index contributed by atoms with van der Waals surface area (Å²) < 4.78 is 74.4. The van der Waals surface area contributed by atoms with Gasteiger partial charge in [-0.1, -0.05) is 12.1 Å². The molecule has 1 aromatic carbocycles. The average molecular weight is 273 g/mol. The van der Waals surface area contributed by atoms with Gasteiger partial charge in [0, 0.05) is 6.54 Å². The van der Waals surface area contributed by atoms with Crippen molar-refractivity contribution < 1.29 is 31.4 Å². The van der Waals surface area contributed by atoms with Gasteiger partial charge in [0.1, 0.15) is 0 Å². The van der Waals surface area contributed by atoms with Gasteiger partial charge in [-0.3, -0.25) is 0 Å². The third-order valence-corrected chi connectivity index (χ3v) is 2.45. The Morgan fingerprint density at radius 2 is 1.28 bits per heavy atom. The molecule has 0 aliphatic carbocycles. The standard InChI is InChI=1S/C10H9F6NO/c11-9(12,13)7-3-1-6(2-4-7)8(18,5-17)10(14,15)16/h1-4,18H,5,17H2. The van der Waals surface area contributed by atoms with Gasteiger partial charge in [-0.15, -0.1) is 0 Å². The lowest BCUT2D eigenvalue weighted by Crippen LogP contribution is -2.48. The minimum atomic E-state index is -5.07. The first-order valence-corrected chi connectivity index (χ1v) is 4.69. The van der Waals surface area contributed by atoms with Crippen molar-refractivity contribution in [2.45, 2.75) is 18.0 Å². The van der Waals surface area contributed by atoms with E-state index in [2.05, 4.69) is 0 Å². The van der Waals surface area contributed by atoms with Crippen LogP contribution in [0.3, 0.4) is 0 Å². The number of alkyl halides is 6. The number of halogens is 6. The molecule has 0 saturated carbocycles. The highest BCUT2D eigenvalue weighted by atomic mass is 19.4. The fourth-order valence-electron chi connectivity index (χ4n) is 1.33. The van der Waals surface area contributed by atoms with Crippen LogP contribution in [0.25, 0.3) is 0 Å². The fraction of sp³-hybridized carbons (Fsp3) is 0.400. The van der Waals surface area contributed by atoms with Crippen molar-refractivity contribution in [3.8, 4) is 0 Å². The molecule has 1 atom stereocenters. The number of rotatable bonds is 2. The second-order valence-electron chi connectivity index (χ2n) is 3.64. The Labute approximate surface area is 98.0 Å². The van der Waals surface area contributed by atoms with Crippen LogP contribution in [0.15, 0.2) is 24.3 Å². The Morgan fingerprint density at radius 1 is 0.889 bits per heavy atom. The van der Waals surface area contributed by atoms with Crippen molar-refractivity contribution >= 4 is 0 Å². The summed E-state index contributed by atoms with van der Waals surface area (Å²) in [7, 11) is 0. The van der Waals surface area contributed by atoms with E-state index in [0.717, 1.165) is 0 Å². The molecule has 0 amide bonds. The van der Waals surface area contributed by atoms with Crippen LogP contribution in [0.5, 0.6) is 0 Å². The SMILES string of the molecule is NCC(O)(c1ccc(C(F)(F)F)cc1)C(F)(F)F. The lowest BCUT2D eigenvalue weighted by molar-refractivity contribution is -0.262. The third kappa shape index (κ3) is 2.59. The summed E-state index contributed by atoms with van der Waals surface area (Å²) in [6.45, 7) is -1.18. The molecule has 1 unspecified atom stereocenters. The highest BCUT2D eigenvalue weighted by Gasteiger charge is 2.54. The van der Waals surface area contributed by atoms with Crippen molar-refractivity contribution in [3.63, 3.8) is 0 Å². The van der Waals surface area contributed by atoms with E-state index in [1.807, 2.05) is 0 Å². The molecule has 0 aromatic heterocycles. The molecule has 0 radical (unpaired) electrons. The maximum atomic E-state index is 12.6. The number of nitrogens with two attached hydrogens (primary N) is 1. The van der Waals surface area contributed by atoms with Crippen LogP contribution < -0.4 is 5.73 Å². The van der Waals surface area contributed by atoms with Crippen LogP contribution in [-0.2, 0) is 11.8 Å². The fourth-order valence-corrected chi connectivity index (χ4v) is 1.33. The molecule has 18 heavy (non-hydrogen) atoms. The van der Waals surface area contributed by atoms with E-state index >= 15 is 0 Å². The molecule has 0 aliphatic rings. The quantitative estimate of drug-likeness (QED) is 0.813. The van der Waals surface area contributed by atoms with E-state index < -0.39 is 35.6 Å². The van der Waals surface area contributed by atoms with E-state index in [4.69, 9.17) is 5.73 Å². The molecule has 0 heterocycles. The van der Waals surface area contributed by atoms with E-state index in [1.54, 1.807) is 0 Å². The van der Waals surface area contributed by atoms with Crippen LogP contribution >= 0.6 is 0 Å². The number of hydrogen-bond donors (Lipinski definition) is 2. The Hall–Kier alpha value is -1.28. The van der Waals surface area contributed by atoms with E-state index in [-0.39, 0.29) is 0 Å². The normalized spacial score (nSPS) is 16.4. The molecule has 0 fully saturated rings. The first-order valence-electron chi connectivity index (χ1n) is 4.69. The highest BCUT2D eigenvalue weighted by Crippen LogP contribution is 2.39. The first kappa shape index (κ1) is 14.8. The third-order valence-electron chi connectivity index (χ3n) is 2.45. The number of benzene rings is 1. The molecule has 0 bridgehead atoms. The van der Waals surface area contributed by atoms with Gasteiger partial charge < -0.3 is 10.8 Å². The van der Waals surface area contributed by atoms with Gasteiger partial charge in [0.25, 0.3) is 0 Å². The van der Waals surface area contributed by atoms with Gasteiger partial charge in [-0.25, -0.2) is 0 Å². The minimum Gasteiger partial charge on any atom is -0.375 e. The molecule has 1 rings (SSSR count). The van der Waals surface area contributed by atoms with Crippen LogP contribution in [0.4, 0.5) is 26.3 Å². The Balaban J connectivity index is 3.19. The summed E-state index contributed by atoms with van der Waals surface area (Å²) in [5.74, 6) is 0. The summed E-state index contributed by atoms with van der Waals surface area (Å²) in [4.78, 5) is 0. The number of hydrogen-bond acceptors (Lipinski definition) is 2. The first-order chi connectivity index (χ1) is 8.02. The summed E-state index contributed by atoms with van der Waals surface area (Å²) in [6, 6.07) is 2.04. The summed E-state index contributed by atoms with van der Waals surface area (Å²) in [5, 5.41) is 9.39. The van der Waals surface area contributed by atoms with E-state index in [1.165, 1.54) is 0 Å². The summed E-state index contributed by atoms with van der Waals surface area (Å²) >= 11 is 0. The second kappa shape index (κ2) is 4.43. The average Bonchev–Trinajstić information content (AvgIpc) is 2.25. The van der Waals surface area contributed by atoms with Crippen LogP contribution in [0.2, 0.25) is 0 Å². The van der Waals surface area contributed by atoms with E-state index in [0.29, 0.717) is 24.3 Å². The molecule has 8 heteroatoms. The zero-order valence-electron chi connectivity index (χ0n) is 8.81. The van der Waals surface area contributed by atoms with Crippen LogP contribution in [0, 0.1) is 0 Å². The Bertz CT molecular complexity index is 410. The topological polar surface area (TPSA) is 46.2 Å². The zero-order chi connectivity index (χ0) is 14.2. The second-order valence-corrected chi connectivity index (χ2v) is 3.64. The van der Waals surface area contributed by atoms with Gasteiger partial charge in [0.2, 0.25) is 0 Å². The monoisotopic (exact) mass is 273 g/mol. The summed E-state index contributed by atoms with van der Waals surface area (Å²) in [5.41, 5.74) is -0.328. The van der Waals surface area contributed by atoms with E-state index in [9.17, 15) is 31.4 Å². The molecule has 2 nitrogen and oxygen atoms in total. The van der Waals surface area contributed by atoms with Crippen molar-refractivity contribution in [2.24, 2.45) is 5.73 Å². The molecule has 0 aliphatic heterocycles. The highest BCUT2D eigenvalue weighted by molar-refractivity contribution is 5.30. The van der Waals surface area contributed by atoms with Crippen molar-refractivity contribution in [3.05, 3.63) is 35.4 Å². The largest absolute Gasteiger partial charge is 0.422 e. The minimum absolute atomic E-state index is 0.460. The molecule has 0 spiro atoms. The lowest BCUT2D eigenvalue weighted by Gasteiger charge is -2.29. The molecular weight excluding hydrogens is 264 g/mol. The van der Waals surface area contributed by atoms with Crippen molar-refractivity contribution in [1.29, 1.82) is 0 Å². The number of aliphatic hydroxyl groups is 1. The van der Waals surface area contributed by atoms with Gasteiger partial charge in [-0.05, 0) is 17.7 Å². The van der Waals surface area contributed by atoms with Gasteiger partial charge in [0.15, 0.2) is 5.60 Å². The molecule has 3 N–H and O–H groups in total. The van der Waals surface area contributed by atoms with Crippen molar-refractivity contribution in [1.82, 2.24) is 0 Å². The van der Waals surface area contributed by atoms with Crippen LogP contribution in [0.1, 0.15) is 11.1 Å². The van der Waals surface area contributed by atoms with Gasteiger partial charge in [-0.2, -0.15) is 26.3 Å². The molecular formula is C10H9F6NO. The Morgan fingerprint density at radius 3 is 1.56 bits per heavy atom. The Kier molecular flexibility index (Phi) is 3.64. The molecule has 102 valence electrons.